The molecule has 0 bridgehead atoms. The van der Waals surface area contributed by atoms with Gasteiger partial charge in [-0.25, -0.2) is 0 Å². The minimum Gasteiger partial charge on any atom is -0.493 e. The van der Waals surface area contributed by atoms with E-state index >= 15 is 0 Å². The van der Waals surface area contributed by atoms with Gasteiger partial charge in [0.2, 0.25) is 5.91 Å². The monoisotopic (exact) mass is 411 g/mol. The van der Waals surface area contributed by atoms with E-state index in [4.69, 9.17) is 9.47 Å². The van der Waals surface area contributed by atoms with Gasteiger partial charge < -0.3 is 25.0 Å². The molecule has 1 aromatic carbocycles. The number of nitrogens with one attached hydrogen (secondary N) is 2. The lowest BCUT2D eigenvalue weighted by Gasteiger charge is -2.33. The van der Waals surface area contributed by atoms with Crippen LogP contribution in [-0.4, -0.2) is 62.7 Å². The van der Waals surface area contributed by atoms with Gasteiger partial charge in [-0.3, -0.25) is 9.59 Å². The van der Waals surface area contributed by atoms with Crippen molar-refractivity contribution in [1.82, 2.24) is 15.5 Å². The Morgan fingerprint density at radius 2 is 2.00 bits per heavy atom. The van der Waals surface area contributed by atoms with Crippen LogP contribution >= 0.6 is 12.4 Å². The van der Waals surface area contributed by atoms with Crippen LogP contribution in [0.5, 0.6) is 11.5 Å². The molecule has 2 aliphatic heterocycles. The number of para-hydroxylation sites is 2. The van der Waals surface area contributed by atoms with Crippen molar-refractivity contribution < 1.29 is 19.1 Å². The van der Waals surface area contributed by atoms with E-state index in [1.807, 2.05) is 17.0 Å². The van der Waals surface area contributed by atoms with E-state index in [1.165, 1.54) is 0 Å². The van der Waals surface area contributed by atoms with E-state index < -0.39 is 0 Å². The number of hydrogen-bond acceptors (Lipinski definition) is 5. The van der Waals surface area contributed by atoms with Gasteiger partial charge in [-0.2, -0.15) is 0 Å². The molecule has 0 aromatic heterocycles. The molecule has 28 heavy (non-hydrogen) atoms. The van der Waals surface area contributed by atoms with E-state index in [0.29, 0.717) is 30.5 Å². The summed E-state index contributed by atoms with van der Waals surface area (Å²) in [7, 11) is 1.58. The first-order chi connectivity index (χ1) is 13.2. The van der Waals surface area contributed by atoms with E-state index in [-0.39, 0.29) is 36.9 Å². The van der Waals surface area contributed by atoms with Crippen molar-refractivity contribution in [2.24, 2.45) is 5.92 Å². The molecule has 0 saturated carbocycles. The molecule has 2 amide bonds. The number of halogens is 1. The topological polar surface area (TPSA) is 79.9 Å². The van der Waals surface area contributed by atoms with Crippen molar-refractivity contribution >= 4 is 24.2 Å². The van der Waals surface area contributed by atoms with Crippen LogP contribution in [0, 0.1) is 5.92 Å². The number of rotatable bonds is 7. The fraction of sp³-hybridized carbons (Fsp3) is 0.600. The fourth-order valence-corrected chi connectivity index (χ4v) is 3.70. The molecule has 2 aliphatic rings. The molecule has 3 rings (SSSR count). The molecule has 7 nitrogen and oxygen atoms in total. The fourth-order valence-electron chi connectivity index (χ4n) is 3.70. The molecule has 1 aromatic rings. The Balaban J connectivity index is 0.00000280. The molecular weight excluding hydrogens is 382 g/mol. The standard InChI is InChI=1S/C20H29N3O4.ClH/c1-26-17-8-2-3-9-18(17)27-14-19(24)23-11-5-6-15(13-23)12-22-20(25)16-7-4-10-21-16;/h2-3,8-9,15-16,21H,4-7,10-14H2,1H3,(H,22,25);1H. The largest absolute Gasteiger partial charge is 0.493 e. The number of likely N-dealkylation sites (tertiary alicyclic amines) is 1. The van der Waals surface area contributed by atoms with Gasteiger partial charge in [0.15, 0.2) is 18.1 Å². The number of methoxy groups -OCH3 is 1. The second kappa shape index (κ2) is 11.1. The summed E-state index contributed by atoms with van der Waals surface area (Å²) in [6, 6.07) is 7.25. The zero-order chi connectivity index (χ0) is 19.1. The van der Waals surface area contributed by atoms with E-state index in [0.717, 1.165) is 38.8 Å². The molecule has 2 saturated heterocycles. The number of amides is 2. The number of nitrogens with zero attached hydrogens (tertiary/aromatic N) is 1. The molecule has 0 aliphatic carbocycles. The van der Waals surface area contributed by atoms with E-state index in [1.54, 1.807) is 19.2 Å². The maximum atomic E-state index is 12.5. The van der Waals surface area contributed by atoms with Gasteiger partial charge in [-0.1, -0.05) is 12.1 Å². The normalized spacial score (nSPS) is 21.5. The molecule has 156 valence electrons. The Bertz CT molecular complexity index is 652. The zero-order valence-electron chi connectivity index (χ0n) is 16.3. The molecule has 0 radical (unpaired) electrons. The first kappa shape index (κ1) is 22.3. The summed E-state index contributed by atoms with van der Waals surface area (Å²) in [5.74, 6) is 1.52. The maximum absolute atomic E-state index is 12.5. The molecule has 2 heterocycles. The van der Waals surface area contributed by atoms with Crippen LogP contribution in [0.1, 0.15) is 25.7 Å². The van der Waals surface area contributed by atoms with Gasteiger partial charge in [-0.15, -0.1) is 12.4 Å². The Hall–Kier alpha value is -1.99. The average molecular weight is 412 g/mol. The van der Waals surface area contributed by atoms with Gasteiger partial charge in [0.05, 0.1) is 13.2 Å². The number of carbonyl (C=O) groups excluding carboxylic acids is 2. The van der Waals surface area contributed by atoms with E-state index in [2.05, 4.69) is 10.6 Å². The molecule has 8 heteroatoms. The summed E-state index contributed by atoms with van der Waals surface area (Å²) in [5.41, 5.74) is 0. The first-order valence-electron chi connectivity index (χ1n) is 9.72. The van der Waals surface area contributed by atoms with Crippen LogP contribution in [0.4, 0.5) is 0 Å². The highest BCUT2D eigenvalue weighted by molar-refractivity contribution is 5.85. The summed E-state index contributed by atoms with van der Waals surface area (Å²) in [6.07, 6.45) is 3.93. The Morgan fingerprint density at radius 3 is 2.71 bits per heavy atom. The summed E-state index contributed by atoms with van der Waals surface area (Å²) < 4.78 is 10.9. The summed E-state index contributed by atoms with van der Waals surface area (Å²) in [6.45, 7) is 2.92. The number of benzene rings is 1. The van der Waals surface area contributed by atoms with Crippen LogP contribution in [-0.2, 0) is 9.59 Å². The highest BCUT2D eigenvalue weighted by atomic mass is 35.5. The Labute approximate surface area is 172 Å². The second-order valence-corrected chi connectivity index (χ2v) is 7.18. The third-order valence-corrected chi connectivity index (χ3v) is 5.23. The Morgan fingerprint density at radius 1 is 1.21 bits per heavy atom. The van der Waals surface area contributed by atoms with Gasteiger partial charge >= 0.3 is 0 Å². The minimum absolute atomic E-state index is 0. The highest BCUT2D eigenvalue weighted by Crippen LogP contribution is 2.26. The van der Waals surface area contributed by atoms with Crippen molar-refractivity contribution in [3.05, 3.63) is 24.3 Å². The van der Waals surface area contributed by atoms with Crippen molar-refractivity contribution in [1.29, 1.82) is 0 Å². The Kier molecular flexibility index (Phi) is 8.86. The van der Waals surface area contributed by atoms with Gasteiger partial charge in [0, 0.05) is 19.6 Å². The number of hydrogen-bond donors (Lipinski definition) is 2. The maximum Gasteiger partial charge on any atom is 0.260 e. The summed E-state index contributed by atoms with van der Waals surface area (Å²) >= 11 is 0. The average Bonchev–Trinajstić information content (AvgIpc) is 3.25. The second-order valence-electron chi connectivity index (χ2n) is 7.18. The van der Waals surface area contributed by atoms with Gasteiger partial charge in [0.25, 0.3) is 5.91 Å². The highest BCUT2D eigenvalue weighted by Gasteiger charge is 2.26. The lowest BCUT2D eigenvalue weighted by atomic mass is 9.97. The number of carbonyl (C=O) groups is 2. The zero-order valence-corrected chi connectivity index (χ0v) is 17.1. The molecule has 2 unspecified atom stereocenters. The van der Waals surface area contributed by atoms with Crippen LogP contribution < -0.4 is 20.1 Å². The molecule has 2 atom stereocenters. The number of ether oxygens (including phenoxy) is 2. The minimum atomic E-state index is -0.0550. The van der Waals surface area contributed by atoms with Crippen LogP contribution in [0.25, 0.3) is 0 Å². The smallest absolute Gasteiger partial charge is 0.260 e. The van der Waals surface area contributed by atoms with Crippen molar-refractivity contribution in [3.8, 4) is 11.5 Å². The molecule has 2 N–H and O–H groups in total. The summed E-state index contributed by atoms with van der Waals surface area (Å²) in [5, 5.41) is 6.25. The van der Waals surface area contributed by atoms with Crippen LogP contribution in [0.2, 0.25) is 0 Å². The first-order valence-corrected chi connectivity index (χ1v) is 9.72. The van der Waals surface area contributed by atoms with Crippen molar-refractivity contribution in [2.45, 2.75) is 31.7 Å². The lowest BCUT2D eigenvalue weighted by molar-refractivity contribution is -0.135. The molecule has 2 fully saturated rings. The lowest BCUT2D eigenvalue weighted by Crippen LogP contribution is -2.47. The summed E-state index contributed by atoms with van der Waals surface area (Å²) in [4.78, 5) is 26.5. The third-order valence-electron chi connectivity index (χ3n) is 5.23. The predicted molar refractivity (Wildman–Crippen MR) is 109 cm³/mol. The number of piperidine rings is 1. The van der Waals surface area contributed by atoms with Crippen molar-refractivity contribution in [2.75, 3.05) is 39.9 Å². The predicted octanol–water partition coefficient (Wildman–Crippen LogP) is 1.60. The molecular formula is C20H30ClN3O4. The SMILES string of the molecule is COc1ccccc1OCC(=O)N1CCCC(CNC(=O)C2CCCN2)C1.Cl. The quantitative estimate of drug-likeness (QED) is 0.712. The third kappa shape index (κ3) is 6.01. The molecule has 0 spiro atoms. The van der Waals surface area contributed by atoms with Gasteiger partial charge in [-0.05, 0) is 50.3 Å². The van der Waals surface area contributed by atoms with E-state index in [9.17, 15) is 9.59 Å². The van der Waals surface area contributed by atoms with Gasteiger partial charge in [0.1, 0.15) is 0 Å². The van der Waals surface area contributed by atoms with Crippen LogP contribution in [0.15, 0.2) is 24.3 Å². The van der Waals surface area contributed by atoms with Crippen LogP contribution in [0.3, 0.4) is 0 Å². The van der Waals surface area contributed by atoms with Crippen molar-refractivity contribution in [3.63, 3.8) is 0 Å².